The molecule has 1 fully saturated rings. The summed E-state index contributed by atoms with van der Waals surface area (Å²) in [5.74, 6) is 7.39. The second kappa shape index (κ2) is 8.82. The highest BCUT2D eigenvalue weighted by Gasteiger charge is 2.23. The predicted molar refractivity (Wildman–Crippen MR) is 88.0 cm³/mol. The van der Waals surface area contributed by atoms with Crippen molar-refractivity contribution in [2.75, 3.05) is 0 Å². The molecule has 1 aliphatic rings. The van der Waals surface area contributed by atoms with Crippen LogP contribution >= 0.6 is 0 Å². The van der Waals surface area contributed by atoms with Crippen molar-refractivity contribution in [3.63, 3.8) is 0 Å². The Kier molecular flexibility index (Phi) is 6.73. The molecule has 1 aromatic rings. The molecule has 1 aromatic heterocycles. The molecule has 114 valence electrons. The van der Waals surface area contributed by atoms with Crippen LogP contribution in [0.15, 0.2) is 12.1 Å². The summed E-state index contributed by atoms with van der Waals surface area (Å²) < 4.78 is 0. The van der Waals surface area contributed by atoms with Crippen molar-refractivity contribution in [2.24, 2.45) is 5.92 Å². The van der Waals surface area contributed by atoms with E-state index in [9.17, 15) is 0 Å². The van der Waals surface area contributed by atoms with Crippen LogP contribution in [0.2, 0.25) is 0 Å². The molecular formula is C19H28N2. The van der Waals surface area contributed by atoms with Gasteiger partial charge in [0.05, 0.1) is 5.69 Å². The van der Waals surface area contributed by atoms with Gasteiger partial charge in [-0.15, -0.1) is 5.10 Å². The molecule has 0 saturated heterocycles. The zero-order valence-electron chi connectivity index (χ0n) is 13.6. The van der Waals surface area contributed by atoms with Crippen molar-refractivity contribution in [3.05, 3.63) is 23.5 Å². The van der Waals surface area contributed by atoms with E-state index in [1.54, 1.807) is 0 Å². The van der Waals surface area contributed by atoms with Crippen LogP contribution in [0, 0.1) is 17.8 Å². The Morgan fingerprint density at radius 1 is 1.05 bits per heavy atom. The van der Waals surface area contributed by atoms with Gasteiger partial charge in [-0.05, 0) is 56.6 Å². The van der Waals surface area contributed by atoms with Gasteiger partial charge >= 0.3 is 0 Å². The van der Waals surface area contributed by atoms with Gasteiger partial charge in [0.1, 0.15) is 5.69 Å². The quantitative estimate of drug-likeness (QED) is 0.537. The van der Waals surface area contributed by atoms with Crippen LogP contribution in [0.3, 0.4) is 0 Å². The molecule has 0 radical (unpaired) electrons. The first-order valence-electron chi connectivity index (χ1n) is 8.59. The Balaban J connectivity index is 1.76. The summed E-state index contributed by atoms with van der Waals surface area (Å²) in [5.41, 5.74) is 1.95. The second-order valence-electron chi connectivity index (χ2n) is 6.29. The minimum Gasteiger partial charge on any atom is -0.154 e. The van der Waals surface area contributed by atoms with Gasteiger partial charge < -0.3 is 0 Å². The maximum absolute atomic E-state index is 4.38. The van der Waals surface area contributed by atoms with Gasteiger partial charge in [-0.25, -0.2) is 0 Å². The van der Waals surface area contributed by atoms with E-state index in [4.69, 9.17) is 0 Å². The van der Waals surface area contributed by atoms with Crippen molar-refractivity contribution in [1.82, 2.24) is 10.2 Å². The first-order chi connectivity index (χ1) is 10.3. The lowest BCUT2D eigenvalue weighted by molar-refractivity contribution is 0.298. The standard InChI is InChI=1S/C19H28N2/c1-3-5-6-7-9-16-10-12-17(13-11-16)19-15-14-18(8-4-2)20-21-19/h14-17H,3,5-7,9-13H2,1-2H3. The first-order valence-corrected chi connectivity index (χ1v) is 8.59. The van der Waals surface area contributed by atoms with Gasteiger partial charge in [0.15, 0.2) is 0 Å². The van der Waals surface area contributed by atoms with Crippen molar-refractivity contribution in [1.29, 1.82) is 0 Å². The highest BCUT2D eigenvalue weighted by Crippen LogP contribution is 2.36. The summed E-state index contributed by atoms with van der Waals surface area (Å²) in [6.07, 6.45) is 12.3. The van der Waals surface area contributed by atoms with Crippen LogP contribution in [-0.2, 0) is 0 Å². The minimum atomic E-state index is 0.619. The third kappa shape index (κ3) is 5.16. The molecule has 0 spiro atoms. The van der Waals surface area contributed by atoms with E-state index >= 15 is 0 Å². The van der Waals surface area contributed by atoms with E-state index in [0.29, 0.717) is 5.92 Å². The number of hydrogen-bond donors (Lipinski definition) is 0. The molecular weight excluding hydrogens is 256 g/mol. The van der Waals surface area contributed by atoms with Gasteiger partial charge in [-0.1, -0.05) is 44.9 Å². The van der Waals surface area contributed by atoms with E-state index in [-0.39, 0.29) is 0 Å². The maximum Gasteiger partial charge on any atom is 0.135 e. The van der Waals surface area contributed by atoms with Crippen LogP contribution < -0.4 is 0 Å². The normalized spacial score (nSPS) is 21.6. The first kappa shape index (κ1) is 16.0. The molecule has 0 aromatic carbocycles. The number of unbranched alkanes of at least 4 members (excludes halogenated alkanes) is 3. The molecule has 2 heteroatoms. The van der Waals surface area contributed by atoms with E-state index in [1.165, 1.54) is 63.5 Å². The molecule has 0 N–H and O–H groups in total. The molecule has 0 atom stereocenters. The van der Waals surface area contributed by atoms with Gasteiger partial charge in [0.25, 0.3) is 0 Å². The van der Waals surface area contributed by atoms with Crippen LogP contribution in [0.25, 0.3) is 0 Å². The van der Waals surface area contributed by atoms with E-state index in [2.05, 4.69) is 35.0 Å². The lowest BCUT2D eigenvalue weighted by atomic mass is 9.78. The van der Waals surface area contributed by atoms with Crippen molar-refractivity contribution in [2.45, 2.75) is 77.6 Å². The summed E-state index contributed by atoms with van der Waals surface area (Å²) in [6, 6.07) is 4.13. The van der Waals surface area contributed by atoms with Crippen molar-refractivity contribution >= 4 is 0 Å². The number of hydrogen-bond acceptors (Lipinski definition) is 2. The summed E-state index contributed by atoms with van der Waals surface area (Å²) in [7, 11) is 0. The largest absolute Gasteiger partial charge is 0.154 e. The Morgan fingerprint density at radius 3 is 2.48 bits per heavy atom. The molecule has 0 amide bonds. The van der Waals surface area contributed by atoms with Crippen LogP contribution in [0.5, 0.6) is 0 Å². The summed E-state index contributed by atoms with van der Waals surface area (Å²) >= 11 is 0. The van der Waals surface area contributed by atoms with Crippen LogP contribution in [-0.4, -0.2) is 10.2 Å². The fraction of sp³-hybridized carbons (Fsp3) is 0.684. The SMILES string of the molecule is CC#Cc1ccc(C2CCC(CCCCCC)CC2)nn1. The molecule has 1 saturated carbocycles. The summed E-state index contributed by atoms with van der Waals surface area (Å²) in [5, 5.41) is 8.59. The van der Waals surface area contributed by atoms with Gasteiger partial charge in [0.2, 0.25) is 0 Å². The third-order valence-corrected chi connectivity index (χ3v) is 4.67. The Morgan fingerprint density at radius 2 is 1.86 bits per heavy atom. The monoisotopic (exact) mass is 284 g/mol. The molecule has 1 heterocycles. The summed E-state index contributed by atoms with van der Waals surface area (Å²) in [4.78, 5) is 0. The Hall–Kier alpha value is -1.36. The van der Waals surface area contributed by atoms with E-state index < -0.39 is 0 Å². The van der Waals surface area contributed by atoms with E-state index in [1.807, 2.05) is 13.0 Å². The number of nitrogens with zero attached hydrogens (tertiary/aromatic N) is 2. The topological polar surface area (TPSA) is 25.8 Å². The lowest BCUT2D eigenvalue weighted by Crippen LogP contribution is -2.14. The number of aromatic nitrogens is 2. The molecule has 0 aliphatic heterocycles. The Labute approximate surface area is 129 Å². The minimum absolute atomic E-state index is 0.619. The third-order valence-electron chi connectivity index (χ3n) is 4.67. The average Bonchev–Trinajstić information content (AvgIpc) is 2.53. The maximum atomic E-state index is 4.38. The average molecular weight is 284 g/mol. The second-order valence-corrected chi connectivity index (χ2v) is 6.29. The zero-order valence-corrected chi connectivity index (χ0v) is 13.6. The molecule has 21 heavy (non-hydrogen) atoms. The highest BCUT2D eigenvalue weighted by atomic mass is 15.1. The van der Waals surface area contributed by atoms with Crippen molar-refractivity contribution in [3.8, 4) is 11.8 Å². The highest BCUT2D eigenvalue weighted by molar-refractivity contribution is 5.26. The Bertz CT molecular complexity index is 459. The molecule has 0 unspecified atom stereocenters. The zero-order chi connectivity index (χ0) is 14.9. The summed E-state index contributed by atoms with van der Waals surface area (Å²) in [6.45, 7) is 4.11. The smallest absolute Gasteiger partial charge is 0.135 e. The van der Waals surface area contributed by atoms with Crippen LogP contribution in [0.4, 0.5) is 0 Å². The molecule has 2 nitrogen and oxygen atoms in total. The van der Waals surface area contributed by atoms with Gasteiger partial charge in [-0.3, -0.25) is 0 Å². The van der Waals surface area contributed by atoms with E-state index in [0.717, 1.165) is 11.6 Å². The number of rotatable bonds is 6. The molecule has 1 aliphatic carbocycles. The fourth-order valence-corrected chi connectivity index (χ4v) is 3.36. The molecule has 2 rings (SSSR count). The van der Waals surface area contributed by atoms with Crippen molar-refractivity contribution < 1.29 is 0 Å². The fourth-order valence-electron chi connectivity index (χ4n) is 3.36. The van der Waals surface area contributed by atoms with Gasteiger partial charge in [-0.2, -0.15) is 5.10 Å². The predicted octanol–water partition coefficient (Wildman–Crippen LogP) is 5.09. The van der Waals surface area contributed by atoms with Gasteiger partial charge in [0, 0.05) is 5.92 Å². The molecule has 0 bridgehead atoms. The van der Waals surface area contributed by atoms with Crippen LogP contribution in [0.1, 0.15) is 88.9 Å². The lowest BCUT2D eigenvalue weighted by Gasteiger charge is -2.28.